The van der Waals surface area contributed by atoms with Gasteiger partial charge in [-0.3, -0.25) is 0 Å². The van der Waals surface area contributed by atoms with Crippen molar-refractivity contribution >= 4 is 40.7 Å². The first-order valence-corrected chi connectivity index (χ1v) is 6.81. The smallest absolute Gasteiger partial charge is 0.407 e. The van der Waals surface area contributed by atoms with Crippen LogP contribution in [-0.2, 0) is 9.00 Å². The van der Waals surface area contributed by atoms with E-state index >= 15 is 0 Å². The van der Waals surface area contributed by atoms with E-state index in [0.29, 0.717) is 17.0 Å². The highest BCUT2D eigenvalue weighted by Crippen LogP contribution is 2.53. The van der Waals surface area contributed by atoms with Crippen LogP contribution in [-0.4, -0.2) is 11.1 Å². The molecular formula is C11H8N2O3S2. The Morgan fingerprint density at radius 3 is 2.72 bits per heavy atom. The standard InChI is InChI=1S/C11H8N2O3S2/c12-10(14)16-11(17-5-6-18-11)9-13-7-3-1-2-4-8(7)15-9/h1-6H,(H2,12,14). The average molecular weight is 280 g/mol. The number of hydrogen-bond donors (Lipinski definition) is 1. The summed E-state index contributed by atoms with van der Waals surface area (Å²) in [6.45, 7) is 0. The van der Waals surface area contributed by atoms with Crippen molar-refractivity contribution in [3.8, 4) is 0 Å². The van der Waals surface area contributed by atoms with Gasteiger partial charge < -0.3 is 14.9 Å². The van der Waals surface area contributed by atoms with Crippen molar-refractivity contribution in [1.82, 2.24) is 4.98 Å². The SMILES string of the molecule is NC(=O)OC1(c2nc3ccccc3o2)SC=CS1. The Morgan fingerprint density at radius 2 is 2.06 bits per heavy atom. The van der Waals surface area contributed by atoms with Gasteiger partial charge in [-0.25, -0.2) is 9.78 Å². The van der Waals surface area contributed by atoms with Gasteiger partial charge in [-0.05, 0) is 22.9 Å². The van der Waals surface area contributed by atoms with Crippen LogP contribution in [0, 0.1) is 0 Å². The monoisotopic (exact) mass is 280 g/mol. The van der Waals surface area contributed by atoms with Gasteiger partial charge in [-0.1, -0.05) is 35.7 Å². The van der Waals surface area contributed by atoms with Gasteiger partial charge in [0, 0.05) is 0 Å². The highest BCUT2D eigenvalue weighted by Gasteiger charge is 2.44. The van der Waals surface area contributed by atoms with Crippen LogP contribution >= 0.6 is 23.5 Å². The minimum atomic E-state index is -1.05. The number of carbonyl (C=O) groups is 1. The maximum absolute atomic E-state index is 11.0. The van der Waals surface area contributed by atoms with Gasteiger partial charge in [0.2, 0.25) is 0 Å². The Balaban J connectivity index is 2.07. The van der Waals surface area contributed by atoms with Crippen LogP contribution in [0.1, 0.15) is 5.89 Å². The fraction of sp³-hybridized carbons (Fsp3) is 0.0909. The highest BCUT2D eigenvalue weighted by molar-refractivity contribution is 8.22. The second kappa shape index (κ2) is 4.25. The highest BCUT2D eigenvalue weighted by atomic mass is 32.2. The summed E-state index contributed by atoms with van der Waals surface area (Å²) in [5.74, 6) is 0.322. The molecule has 2 aromatic rings. The summed E-state index contributed by atoms with van der Waals surface area (Å²) < 4.78 is 9.74. The minimum Gasteiger partial charge on any atom is -0.435 e. The quantitative estimate of drug-likeness (QED) is 0.911. The number of nitrogens with zero attached hydrogens (tertiary/aromatic N) is 1. The number of primary amides is 1. The van der Waals surface area contributed by atoms with E-state index in [1.807, 2.05) is 35.1 Å². The van der Waals surface area contributed by atoms with E-state index in [0.717, 1.165) is 0 Å². The van der Waals surface area contributed by atoms with Crippen molar-refractivity contribution in [2.45, 2.75) is 4.27 Å². The molecule has 0 saturated carbocycles. The summed E-state index contributed by atoms with van der Waals surface area (Å²) >= 11 is 2.58. The minimum absolute atomic E-state index is 0.322. The number of aromatic nitrogens is 1. The zero-order valence-corrected chi connectivity index (χ0v) is 10.7. The number of carbonyl (C=O) groups excluding carboxylic acids is 1. The maximum atomic E-state index is 11.0. The van der Waals surface area contributed by atoms with E-state index in [-0.39, 0.29) is 0 Å². The van der Waals surface area contributed by atoms with Crippen LogP contribution in [0.15, 0.2) is 39.5 Å². The van der Waals surface area contributed by atoms with E-state index < -0.39 is 10.4 Å². The number of oxazole rings is 1. The molecule has 0 spiro atoms. The molecule has 1 aromatic heterocycles. The molecule has 1 amide bonds. The van der Waals surface area contributed by atoms with Crippen molar-refractivity contribution in [2.24, 2.45) is 5.73 Å². The van der Waals surface area contributed by atoms with Gasteiger partial charge in [0.05, 0.1) is 0 Å². The molecule has 5 nitrogen and oxygen atoms in total. The lowest BCUT2D eigenvalue weighted by Crippen LogP contribution is -2.27. The summed E-state index contributed by atoms with van der Waals surface area (Å²) in [6, 6.07) is 7.36. The van der Waals surface area contributed by atoms with Gasteiger partial charge >= 0.3 is 6.09 Å². The molecule has 1 aliphatic rings. The third-order valence-corrected chi connectivity index (χ3v) is 4.72. The fourth-order valence-electron chi connectivity index (χ4n) is 1.59. The third-order valence-electron chi connectivity index (χ3n) is 2.29. The number of para-hydroxylation sites is 2. The number of rotatable bonds is 2. The molecular weight excluding hydrogens is 272 g/mol. The van der Waals surface area contributed by atoms with Crippen molar-refractivity contribution in [3.05, 3.63) is 41.0 Å². The lowest BCUT2D eigenvalue weighted by Gasteiger charge is -2.21. The van der Waals surface area contributed by atoms with Crippen molar-refractivity contribution in [1.29, 1.82) is 0 Å². The summed E-state index contributed by atoms with van der Waals surface area (Å²) in [5.41, 5.74) is 6.47. The first kappa shape index (κ1) is 11.5. The molecule has 3 rings (SSSR count). The van der Waals surface area contributed by atoms with Gasteiger partial charge in [0.15, 0.2) is 5.58 Å². The van der Waals surface area contributed by atoms with Crippen molar-refractivity contribution in [3.63, 3.8) is 0 Å². The van der Waals surface area contributed by atoms with Crippen LogP contribution in [0.5, 0.6) is 0 Å². The van der Waals surface area contributed by atoms with Crippen LogP contribution in [0.2, 0.25) is 0 Å². The number of hydrogen-bond acceptors (Lipinski definition) is 6. The summed E-state index contributed by atoms with van der Waals surface area (Å²) in [4.78, 5) is 15.4. The fourth-order valence-corrected chi connectivity index (χ4v) is 3.59. The number of amides is 1. The van der Waals surface area contributed by atoms with Crippen LogP contribution < -0.4 is 5.73 Å². The average Bonchev–Trinajstić information content (AvgIpc) is 2.94. The van der Waals surface area contributed by atoms with E-state index in [1.54, 1.807) is 0 Å². The van der Waals surface area contributed by atoms with E-state index in [2.05, 4.69) is 4.98 Å². The molecule has 0 bridgehead atoms. The third kappa shape index (κ3) is 1.85. The van der Waals surface area contributed by atoms with E-state index in [9.17, 15) is 4.79 Å². The number of nitrogens with two attached hydrogens (primary N) is 1. The molecule has 1 aromatic carbocycles. The number of thioether (sulfide) groups is 2. The molecule has 2 N–H and O–H groups in total. The lowest BCUT2D eigenvalue weighted by molar-refractivity contribution is 0.120. The molecule has 1 aliphatic heterocycles. The van der Waals surface area contributed by atoms with Crippen LogP contribution in [0.3, 0.4) is 0 Å². The topological polar surface area (TPSA) is 78.4 Å². The Kier molecular flexibility index (Phi) is 2.71. The normalized spacial score (nSPS) is 17.1. The first-order valence-electron chi connectivity index (χ1n) is 5.05. The van der Waals surface area contributed by atoms with Gasteiger partial charge in [0.1, 0.15) is 5.52 Å². The first-order chi connectivity index (χ1) is 8.70. The molecule has 18 heavy (non-hydrogen) atoms. The summed E-state index contributed by atoms with van der Waals surface area (Å²) in [7, 11) is 0. The summed E-state index contributed by atoms with van der Waals surface area (Å²) in [5, 5.41) is 3.62. The van der Waals surface area contributed by atoms with Gasteiger partial charge in [0.25, 0.3) is 10.2 Å². The molecule has 2 heterocycles. The number of ether oxygens (including phenoxy) is 1. The van der Waals surface area contributed by atoms with Crippen molar-refractivity contribution in [2.75, 3.05) is 0 Å². The largest absolute Gasteiger partial charge is 0.435 e. The van der Waals surface area contributed by atoms with Crippen LogP contribution in [0.25, 0.3) is 11.1 Å². The second-order valence-electron chi connectivity index (χ2n) is 3.47. The van der Waals surface area contributed by atoms with E-state index in [4.69, 9.17) is 14.9 Å². The molecule has 7 heteroatoms. The Morgan fingerprint density at radius 1 is 1.33 bits per heavy atom. The Bertz CT molecular complexity index is 597. The Hall–Kier alpha value is -1.60. The number of fused-ring (bicyclic) bond motifs is 1. The molecule has 0 unspecified atom stereocenters. The molecule has 0 radical (unpaired) electrons. The predicted octanol–water partition coefficient (Wildman–Crippen LogP) is 2.98. The molecule has 0 aliphatic carbocycles. The van der Waals surface area contributed by atoms with E-state index in [1.165, 1.54) is 23.5 Å². The maximum Gasteiger partial charge on any atom is 0.407 e. The Labute approximate surface area is 111 Å². The van der Waals surface area contributed by atoms with Crippen LogP contribution in [0.4, 0.5) is 4.79 Å². The van der Waals surface area contributed by atoms with Crippen molar-refractivity contribution < 1.29 is 13.9 Å². The lowest BCUT2D eigenvalue weighted by atomic mass is 10.3. The zero-order valence-electron chi connectivity index (χ0n) is 9.03. The van der Waals surface area contributed by atoms with Gasteiger partial charge in [-0.2, -0.15) is 0 Å². The molecule has 92 valence electrons. The predicted molar refractivity (Wildman–Crippen MR) is 70.7 cm³/mol. The zero-order chi connectivity index (χ0) is 12.6. The second-order valence-corrected chi connectivity index (χ2v) is 5.90. The summed E-state index contributed by atoms with van der Waals surface area (Å²) in [6.07, 6.45) is -0.860. The molecule has 0 saturated heterocycles. The molecule has 0 atom stereocenters. The van der Waals surface area contributed by atoms with Gasteiger partial charge in [-0.15, -0.1) is 0 Å². The molecule has 0 fully saturated rings. The number of benzene rings is 1.